The van der Waals surface area contributed by atoms with Crippen molar-refractivity contribution >= 4 is 44.3 Å². The van der Waals surface area contributed by atoms with E-state index in [0.29, 0.717) is 53.5 Å². The van der Waals surface area contributed by atoms with Crippen molar-refractivity contribution in [3.63, 3.8) is 0 Å². The highest BCUT2D eigenvalue weighted by Crippen LogP contribution is 2.27. The quantitative estimate of drug-likeness (QED) is 0.423. The summed E-state index contributed by atoms with van der Waals surface area (Å²) in [5, 5.41) is 1.73. The van der Waals surface area contributed by atoms with Crippen molar-refractivity contribution in [1.82, 2.24) is 23.8 Å². The third-order valence-corrected chi connectivity index (χ3v) is 8.26. The predicted octanol–water partition coefficient (Wildman–Crippen LogP) is 1.50. The van der Waals surface area contributed by atoms with E-state index in [0.717, 1.165) is 0 Å². The lowest BCUT2D eigenvalue weighted by atomic mass is 10.00. The van der Waals surface area contributed by atoms with Crippen molar-refractivity contribution in [1.29, 1.82) is 0 Å². The number of esters is 1. The maximum Gasteiger partial charge on any atom is 0.310 e. The zero-order chi connectivity index (χ0) is 21.1. The Morgan fingerprint density at radius 2 is 2.20 bits per heavy atom. The Hall–Kier alpha value is -2.57. The van der Waals surface area contributed by atoms with Gasteiger partial charge in [-0.25, -0.2) is 23.4 Å². The lowest BCUT2D eigenvalue weighted by molar-refractivity contribution is -0.149. The van der Waals surface area contributed by atoms with E-state index in [-0.39, 0.29) is 19.1 Å². The zero-order valence-electron chi connectivity index (χ0n) is 16.2. The smallest absolute Gasteiger partial charge is 0.310 e. The van der Waals surface area contributed by atoms with Gasteiger partial charge in [-0.15, -0.1) is 11.3 Å². The average Bonchev–Trinajstić information content (AvgIpc) is 3.43. The molecule has 4 rings (SSSR count). The first-order valence-electron chi connectivity index (χ1n) is 9.58. The molecule has 3 aromatic heterocycles. The Kier molecular flexibility index (Phi) is 5.97. The number of anilines is 1. The van der Waals surface area contributed by atoms with Crippen molar-refractivity contribution in [2.45, 2.75) is 30.0 Å². The molecular formula is C18H22N6O4S2. The Bertz CT molecular complexity index is 1130. The highest BCUT2D eigenvalue weighted by atomic mass is 32.2. The standard InChI is InChI=1S/C18H22N6O4S2/c19-16-15-17(21-11-20-16)23(12-22-15)6-3-8-28-18(25)13-4-1-7-24(10-13)30(26,27)14-5-2-9-29-14/h2,5,9,11-13H,1,3-4,6-8,10H2,(H2,19,20,21). The number of carbonyl (C=O) groups excluding carboxylic acids is 1. The summed E-state index contributed by atoms with van der Waals surface area (Å²) in [5.41, 5.74) is 6.96. The molecule has 1 fully saturated rings. The number of thiophene rings is 1. The van der Waals surface area contributed by atoms with E-state index >= 15 is 0 Å². The molecule has 3 aromatic rings. The van der Waals surface area contributed by atoms with E-state index < -0.39 is 15.9 Å². The Balaban J connectivity index is 1.29. The molecule has 1 aliphatic rings. The molecule has 1 atom stereocenters. The minimum Gasteiger partial charge on any atom is -0.465 e. The first-order valence-corrected chi connectivity index (χ1v) is 11.9. The van der Waals surface area contributed by atoms with Gasteiger partial charge in [0, 0.05) is 19.6 Å². The summed E-state index contributed by atoms with van der Waals surface area (Å²) in [6.45, 7) is 1.36. The average molecular weight is 451 g/mol. The van der Waals surface area contributed by atoms with E-state index in [1.54, 1.807) is 23.8 Å². The summed E-state index contributed by atoms with van der Waals surface area (Å²) >= 11 is 1.18. The third-order valence-electron chi connectivity index (χ3n) is 5.02. The summed E-state index contributed by atoms with van der Waals surface area (Å²) < 4.78 is 34.3. The number of nitrogens with two attached hydrogens (primary N) is 1. The minimum atomic E-state index is -3.55. The molecule has 2 N–H and O–H groups in total. The number of nitrogens with zero attached hydrogens (tertiary/aromatic N) is 5. The maximum atomic E-state index is 12.7. The third kappa shape index (κ3) is 4.16. The molecule has 0 saturated carbocycles. The van der Waals surface area contributed by atoms with Gasteiger partial charge in [0.1, 0.15) is 16.1 Å². The number of imidazole rings is 1. The zero-order valence-corrected chi connectivity index (χ0v) is 17.8. The molecule has 0 spiro atoms. The molecule has 4 heterocycles. The normalized spacial score (nSPS) is 17.9. The van der Waals surface area contributed by atoms with Gasteiger partial charge in [0.25, 0.3) is 10.0 Å². The van der Waals surface area contributed by atoms with Crippen molar-refractivity contribution in [2.24, 2.45) is 5.92 Å². The van der Waals surface area contributed by atoms with Gasteiger partial charge in [-0.2, -0.15) is 4.31 Å². The van der Waals surface area contributed by atoms with Crippen molar-refractivity contribution < 1.29 is 17.9 Å². The maximum absolute atomic E-state index is 12.7. The van der Waals surface area contributed by atoms with Gasteiger partial charge in [-0.05, 0) is 30.7 Å². The number of hydrogen-bond donors (Lipinski definition) is 1. The van der Waals surface area contributed by atoms with Crippen LogP contribution in [0.25, 0.3) is 11.2 Å². The summed E-state index contributed by atoms with van der Waals surface area (Å²) in [6, 6.07) is 3.29. The highest BCUT2D eigenvalue weighted by Gasteiger charge is 2.34. The summed E-state index contributed by atoms with van der Waals surface area (Å²) in [7, 11) is -3.55. The monoisotopic (exact) mass is 450 g/mol. The van der Waals surface area contributed by atoms with Crippen LogP contribution in [0.15, 0.2) is 34.4 Å². The molecule has 1 aliphatic heterocycles. The number of sulfonamides is 1. The fourth-order valence-electron chi connectivity index (χ4n) is 3.48. The van der Waals surface area contributed by atoms with Crippen LogP contribution in [0, 0.1) is 5.92 Å². The fourth-order valence-corrected chi connectivity index (χ4v) is 6.15. The molecule has 10 nitrogen and oxygen atoms in total. The second-order valence-electron chi connectivity index (χ2n) is 7.02. The summed E-state index contributed by atoms with van der Waals surface area (Å²) in [6.07, 6.45) is 4.84. The number of aryl methyl sites for hydroxylation is 1. The van der Waals surface area contributed by atoms with Crippen molar-refractivity contribution in [3.05, 3.63) is 30.2 Å². The van der Waals surface area contributed by atoms with Gasteiger partial charge < -0.3 is 15.0 Å². The van der Waals surface area contributed by atoms with E-state index in [1.165, 1.54) is 22.0 Å². The van der Waals surface area contributed by atoms with Crippen LogP contribution in [0.4, 0.5) is 5.82 Å². The second-order valence-corrected chi connectivity index (χ2v) is 10.1. The van der Waals surface area contributed by atoms with Crippen LogP contribution < -0.4 is 5.73 Å². The topological polar surface area (TPSA) is 133 Å². The van der Waals surface area contributed by atoms with Gasteiger partial charge in [0.05, 0.1) is 18.9 Å². The molecule has 30 heavy (non-hydrogen) atoms. The van der Waals surface area contributed by atoms with Gasteiger partial charge in [-0.1, -0.05) is 6.07 Å². The van der Waals surface area contributed by atoms with Crippen molar-refractivity contribution in [2.75, 3.05) is 25.4 Å². The molecule has 0 radical (unpaired) electrons. The molecule has 1 saturated heterocycles. The Morgan fingerprint density at radius 1 is 1.33 bits per heavy atom. The van der Waals surface area contributed by atoms with E-state index in [1.807, 2.05) is 4.57 Å². The highest BCUT2D eigenvalue weighted by molar-refractivity contribution is 7.91. The van der Waals surface area contributed by atoms with Crippen LogP contribution in [0.3, 0.4) is 0 Å². The van der Waals surface area contributed by atoms with Gasteiger partial charge in [0.2, 0.25) is 0 Å². The molecule has 1 unspecified atom stereocenters. The Morgan fingerprint density at radius 3 is 3.00 bits per heavy atom. The minimum absolute atomic E-state index is 0.154. The molecule has 12 heteroatoms. The first-order chi connectivity index (χ1) is 14.5. The number of aromatic nitrogens is 4. The summed E-state index contributed by atoms with van der Waals surface area (Å²) in [4.78, 5) is 24.8. The van der Waals surface area contributed by atoms with Crippen molar-refractivity contribution in [3.8, 4) is 0 Å². The van der Waals surface area contributed by atoms with Crippen LogP contribution in [-0.4, -0.2) is 57.9 Å². The van der Waals surface area contributed by atoms with Crippen LogP contribution in [0.1, 0.15) is 19.3 Å². The molecular weight excluding hydrogens is 428 g/mol. The number of nitrogen functional groups attached to an aromatic ring is 1. The molecule has 0 amide bonds. The number of piperidine rings is 1. The number of carbonyl (C=O) groups is 1. The van der Waals surface area contributed by atoms with Crippen LogP contribution in [-0.2, 0) is 26.1 Å². The van der Waals surface area contributed by atoms with E-state index in [9.17, 15) is 13.2 Å². The molecule has 0 aliphatic carbocycles. The number of ether oxygens (including phenoxy) is 1. The Labute approximate surface area is 177 Å². The number of rotatable bonds is 7. The first kappa shape index (κ1) is 20.7. The van der Waals surface area contributed by atoms with E-state index in [2.05, 4.69) is 15.0 Å². The van der Waals surface area contributed by atoms with E-state index in [4.69, 9.17) is 10.5 Å². The molecule has 160 valence electrons. The molecule has 0 aromatic carbocycles. The largest absolute Gasteiger partial charge is 0.465 e. The summed E-state index contributed by atoms with van der Waals surface area (Å²) in [5.74, 6) is -0.484. The lowest BCUT2D eigenvalue weighted by Crippen LogP contribution is -2.42. The lowest BCUT2D eigenvalue weighted by Gasteiger charge is -2.30. The SMILES string of the molecule is Nc1ncnc2c1ncn2CCCOC(=O)C1CCCN(S(=O)(=O)c2cccs2)C1. The van der Waals surface area contributed by atoms with Crippen LogP contribution in [0.2, 0.25) is 0 Å². The van der Waals surface area contributed by atoms with Gasteiger partial charge in [-0.3, -0.25) is 4.79 Å². The second kappa shape index (κ2) is 8.66. The molecule has 0 bridgehead atoms. The number of hydrogen-bond acceptors (Lipinski definition) is 9. The van der Waals surface area contributed by atoms with Crippen LogP contribution >= 0.6 is 11.3 Å². The number of fused-ring (bicyclic) bond motifs is 1. The predicted molar refractivity (Wildman–Crippen MR) is 111 cm³/mol. The fraction of sp³-hybridized carbons (Fsp3) is 0.444. The van der Waals surface area contributed by atoms with Crippen LogP contribution in [0.5, 0.6) is 0 Å². The van der Waals surface area contributed by atoms with Gasteiger partial charge >= 0.3 is 5.97 Å². The van der Waals surface area contributed by atoms with Gasteiger partial charge in [0.15, 0.2) is 11.5 Å².